The van der Waals surface area contributed by atoms with Crippen molar-refractivity contribution in [1.29, 1.82) is 0 Å². The van der Waals surface area contributed by atoms with Gasteiger partial charge in [0, 0.05) is 0 Å². The fourth-order valence-electron chi connectivity index (χ4n) is 1.73. The molecule has 1 saturated heterocycles. The number of nitrogens with two attached hydrogens (primary N) is 1. The van der Waals surface area contributed by atoms with E-state index in [0.29, 0.717) is 0 Å². The van der Waals surface area contributed by atoms with Gasteiger partial charge in [-0.3, -0.25) is 14.8 Å². The van der Waals surface area contributed by atoms with Crippen LogP contribution in [0.3, 0.4) is 0 Å². The summed E-state index contributed by atoms with van der Waals surface area (Å²) in [4.78, 5) is 22.5. The minimum Gasteiger partial charge on any atom is -0.374 e. The SMILES string of the molecule is NC(=O)c1ccc(C2(F)COC2)cc1C(=O)NO. The lowest BCUT2D eigenvalue weighted by Gasteiger charge is -2.34. The van der Waals surface area contributed by atoms with Crippen molar-refractivity contribution in [2.24, 2.45) is 5.73 Å². The number of nitrogens with one attached hydrogen (secondary N) is 1. The van der Waals surface area contributed by atoms with Gasteiger partial charge in [0.2, 0.25) is 5.91 Å². The highest BCUT2D eigenvalue weighted by atomic mass is 19.1. The monoisotopic (exact) mass is 254 g/mol. The third kappa shape index (κ3) is 1.93. The first-order valence-electron chi connectivity index (χ1n) is 5.13. The summed E-state index contributed by atoms with van der Waals surface area (Å²) in [5.74, 6) is -1.76. The molecule has 4 N–H and O–H groups in total. The molecule has 0 spiro atoms. The predicted molar refractivity (Wildman–Crippen MR) is 57.8 cm³/mol. The smallest absolute Gasteiger partial charge is 0.275 e. The fraction of sp³-hybridized carbons (Fsp3) is 0.273. The molecule has 0 atom stereocenters. The number of ether oxygens (including phenoxy) is 1. The number of primary amides is 1. The summed E-state index contributed by atoms with van der Waals surface area (Å²) >= 11 is 0. The van der Waals surface area contributed by atoms with Gasteiger partial charge in [-0.2, -0.15) is 0 Å². The van der Waals surface area contributed by atoms with Crippen LogP contribution >= 0.6 is 0 Å². The molecule has 0 aliphatic carbocycles. The number of halogens is 1. The lowest BCUT2D eigenvalue weighted by atomic mass is 9.90. The summed E-state index contributed by atoms with van der Waals surface area (Å²) in [6, 6.07) is 3.81. The molecule has 1 fully saturated rings. The Kier molecular flexibility index (Phi) is 3.02. The average molecular weight is 254 g/mol. The van der Waals surface area contributed by atoms with Gasteiger partial charge in [0.15, 0.2) is 5.67 Å². The van der Waals surface area contributed by atoms with Gasteiger partial charge in [0.25, 0.3) is 5.91 Å². The molecule has 0 saturated carbocycles. The summed E-state index contributed by atoms with van der Waals surface area (Å²) in [5.41, 5.74) is 4.76. The maximum absolute atomic E-state index is 14.1. The van der Waals surface area contributed by atoms with Crippen molar-refractivity contribution in [3.63, 3.8) is 0 Å². The fourth-order valence-corrected chi connectivity index (χ4v) is 1.73. The zero-order valence-corrected chi connectivity index (χ0v) is 9.27. The van der Waals surface area contributed by atoms with E-state index in [4.69, 9.17) is 15.7 Å². The van der Waals surface area contributed by atoms with E-state index in [9.17, 15) is 14.0 Å². The first kappa shape index (κ1) is 12.5. The first-order chi connectivity index (χ1) is 8.48. The number of carbonyl (C=O) groups excluding carboxylic acids is 2. The van der Waals surface area contributed by atoms with E-state index in [-0.39, 0.29) is 29.9 Å². The van der Waals surface area contributed by atoms with Crippen molar-refractivity contribution < 1.29 is 23.9 Å². The van der Waals surface area contributed by atoms with Crippen LogP contribution in [0.5, 0.6) is 0 Å². The Bertz CT molecular complexity index is 514. The van der Waals surface area contributed by atoms with Crippen LogP contribution in [0.1, 0.15) is 26.3 Å². The van der Waals surface area contributed by atoms with Crippen molar-refractivity contribution in [1.82, 2.24) is 5.48 Å². The molecular weight excluding hydrogens is 243 g/mol. The molecule has 1 aromatic carbocycles. The van der Waals surface area contributed by atoms with Gasteiger partial charge in [-0.25, -0.2) is 9.87 Å². The van der Waals surface area contributed by atoms with Crippen LogP contribution in [0.15, 0.2) is 18.2 Å². The molecule has 1 aliphatic heterocycles. The molecule has 0 bridgehead atoms. The molecule has 7 heteroatoms. The molecule has 96 valence electrons. The standard InChI is InChI=1S/C11H11FN2O4/c12-11(4-18-5-11)6-1-2-7(9(13)15)8(3-6)10(16)14-17/h1-3,17H,4-5H2,(H2,13,15)(H,14,16). The topological polar surface area (TPSA) is 102 Å². The minimum absolute atomic E-state index is 0.0888. The van der Waals surface area contributed by atoms with Crippen LogP contribution in [0.2, 0.25) is 0 Å². The molecule has 6 nitrogen and oxygen atoms in total. The van der Waals surface area contributed by atoms with Crippen LogP contribution in [0, 0.1) is 0 Å². The van der Waals surface area contributed by atoms with E-state index in [1.165, 1.54) is 23.7 Å². The number of hydroxylamine groups is 1. The van der Waals surface area contributed by atoms with Crippen molar-refractivity contribution in [2.75, 3.05) is 13.2 Å². The summed E-state index contributed by atoms with van der Waals surface area (Å²) in [7, 11) is 0. The van der Waals surface area contributed by atoms with Crippen molar-refractivity contribution in [3.05, 3.63) is 34.9 Å². The van der Waals surface area contributed by atoms with E-state index >= 15 is 0 Å². The maximum Gasteiger partial charge on any atom is 0.275 e. The largest absolute Gasteiger partial charge is 0.374 e. The second-order valence-electron chi connectivity index (χ2n) is 4.02. The molecule has 0 aromatic heterocycles. The number of benzene rings is 1. The van der Waals surface area contributed by atoms with E-state index in [0.717, 1.165) is 0 Å². The second kappa shape index (κ2) is 4.35. The summed E-state index contributed by atoms with van der Waals surface area (Å²) in [6.45, 7) is -0.216. The molecular formula is C11H11FN2O4. The van der Waals surface area contributed by atoms with Gasteiger partial charge < -0.3 is 10.5 Å². The first-order valence-corrected chi connectivity index (χ1v) is 5.13. The maximum atomic E-state index is 14.1. The van der Waals surface area contributed by atoms with E-state index < -0.39 is 17.5 Å². The van der Waals surface area contributed by atoms with Gasteiger partial charge in [0.05, 0.1) is 24.3 Å². The Morgan fingerprint density at radius 1 is 1.39 bits per heavy atom. The normalized spacial score (nSPS) is 16.8. The summed E-state index contributed by atoms with van der Waals surface area (Å²) in [6.07, 6.45) is 0. The van der Waals surface area contributed by atoms with E-state index in [1.54, 1.807) is 0 Å². The average Bonchev–Trinajstić information content (AvgIpc) is 2.34. The zero-order chi connectivity index (χ0) is 13.3. The Morgan fingerprint density at radius 2 is 2.06 bits per heavy atom. The van der Waals surface area contributed by atoms with Crippen LogP contribution in [-0.2, 0) is 10.4 Å². The highest BCUT2D eigenvalue weighted by Gasteiger charge is 2.41. The number of rotatable bonds is 3. The van der Waals surface area contributed by atoms with Crippen LogP contribution in [-0.4, -0.2) is 30.2 Å². The Labute approximate surface area is 101 Å². The quantitative estimate of drug-likeness (QED) is 0.526. The van der Waals surface area contributed by atoms with E-state index in [1.807, 2.05) is 0 Å². The number of amides is 2. The molecule has 0 unspecified atom stereocenters. The third-order valence-electron chi connectivity index (χ3n) is 2.81. The molecule has 2 amide bonds. The van der Waals surface area contributed by atoms with Crippen molar-refractivity contribution in [3.8, 4) is 0 Å². The van der Waals surface area contributed by atoms with Crippen LogP contribution in [0.4, 0.5) is 4.39 Å². The number of hydrogen-bond donors (Lipinski definition) is 3. The predicted octanol–water partition coefficient (Wildman–Crippen LogP) is 0.0995. The Morgan fingerprint density at radius 3 is 2.50 bits per heavy atom. The Balaban J connectivity index is 2.48. The summed E-state index contributed by atoms with van der Waals surface area (Å²) in [5, 5.41) is 8.59. The van der Waals surface area contributed by atoms with Crippen LogP contribution < -0.4 is 11.2 Å². The van der Waals surface area contributed by atoms with Gasteiger partial charge in [-0.05, 0) is 17.7 Å². The highest BCUT2D eigenvalue weighted by molar-refractivity contribution is 6.06. The minimum atomic E-state index is -1.67. The third-order valence-corrected chi connectivity index (χ3v) is 2.81. The molecule has 0 radical (unpaired) electrons. The number of alkyl halides is 1. The van der Waals surface area contributed by atoms with Crippen LogP contribution in [0.25, 0.3) is 0 Å². The molecule has 1 aromatic rings. The van der Waals surface area contributed by atoms with Gasteiger partial charge in [-0.15, -0.1) is 0 Å². The van der Waals surface area contributed by atoms with Gasteiger partial charge >= 0.3 is 0 Å². The molecule has 2 rings (SSSR count). The lowest BCUT2D eigenvalue weighted by Crippen LogP contribution is -2.42. The zero-order valence-electron chi connectivity index (χ0n) is 9.27. The molecule has 1 aliphatic rings. The second-order valence-corrected chi connectivity index (χ2v) is 4.02. The van der Waals surface area contributed by atoms with E-state index in [2.05, 4.69) is 0 Å². The molecule has 18 heavy (non-hydrogen) atoms. The molecule has 1 heterocycles. The van der Waals surface area contributed by atoms with Gasteiger partial charge in [0.1, 0.15) is 0 Å². The number of hydrogen-bond acceptors (Lipinski definition) is 4. The Hall–Kier alpha value is -1.99. The van der Waals surface area contributed by atoms with Crippen molar-refractivity contribution in [2.45, 2.75) is 5.67 Å². The lowest BCUT2D eigenvalue weighted by molar-refractivity contribution is -0.135. The van der Waals surface area contributed by atoms with Crippen molar-refractivity contribution >= 4 is 11.8 Å². The highest BCUT2D eigenvalue weighted by Crippen LogP contribution is 2.34. The summed E-state index contributed by atoms with van der Waals surface area (Å²) < 4.78 is 18.9. The van der Waals surface area contributed by atoms with Gasteiger partial charge in [-0.1, -0.05) is 6.07 Å². The number of carbonyl (C=O) groups is 2.